The molecule has 1 aliphatic rings. The number of oxime groups is 1. The minimum atomic E-state index is -1.11. The maximum absolute atomic E-state index is 12.6. The molecule has 1 aliphatic carbocycles. The molecule has 1 atom stereocenters. The van der Waals surface area contributed by atoms with E-state index in [2.05, 4.69) is 10.5 Å². The lowest BCUT2D eigenvalue weighted by Gasteiger charge is -2.26. The first-order valence-corrected chi connectivity index (χ1v) is 10.4. The summed E-state index contributed by atoms with van der Waals surface area (Å²) in [7, 11) is 4.56. The number of hydrogen-bond donors (Lipinski definition) is 2. The molecule has 8 nitrogen and oxygen atoms in total. The van der Waals surface area contributed by atoms with Crippen LogP contribution in [0.3, 0.4) is 0 Å². The standard InChI is InChI=1S/C24H28N2O6/c1-30-19-8-5-9-20(31-2)21(19)16-12-10-15(11-13-16)14-18(24(28)29)25-23(27)22(26-32-3)17-6-4-7-17/h5,8-13,17-18H,4,6-7,14H2,1-3H3,(H,25,27)(H,28,29)/t18-/m0/s1. The zero-order chi connectivity index (χ0) is 23.1. The number of nitrogens with one attached hydrogen (secondary N) is 1. The predicted molar refractivity (Wildman–Crippen MR) is 120 cm³/mol. The van der Waals surface area contributed by atoms with Gasteiger partial charge < -0.3 is 24.7 Å². The van der Waals surface area contributed by atoms with E-state index in [9.17, 15) is 14.7 Å². The molecule has 170 valence electrons. The maximum atomic E-state index is 12.6. The van der Waals surface area contributed by atoms with Crippen LogP contribution in [0.5, 0.6) is 11.5 Å². The fraction of sp³-hybridized carbons (Fsp3) is 0.375. The molecule has 0 heterocycles. The van der Waals surface area contributed by atoms with Crippen molar-refractivity contribution >= 4 is 17.6 Å². The first kappa shape index (κ1) is 23.1. The van der Waals surface area contributed by atoms with Crippen LogP contribution in [0.2, 0.25) is 0 Å². The highest BCUT2D eigenvalue weighted by Gasteiger charge is 2.31. The number of hydrogen-bond acceptors (Lipinski definition) is 6. The Labute approximate surface area is 187 Å². The minimum Gasteiger partial charge on any atom is -0.496 e. The number of aliphatic carboxylic acids is 1. The Hall–Kier alpha value is -3.55. The number of carbonyl (C=O) groups excluding carboxylic acids is 1. The SMILES string of the molecule is CON=C(C(=O)N[C@@H](Cc1ccc(-c2c(OC)cccc2OC)cc1)C(=O)O)C1CCC1. The molecule has 0 aromatic heterocycles. The number of carboxylic acid groups (broad SMARTS) is 1. The Balaban J connectivity index is 1.76. The van der Waals surface area contributed by atoms with Crippen LogP contribution in [0.25, 0.3) is 11.1 Å². The van der Waals surface area contributed by atoms with Gasteiger partial charge in [-0.05, 0) is 36.1 Å². The predicted octanol–water partition coefficient (Wildman–Crippen LogP) is 3.29. The Bertz CT molecular complexity index is 960. The van der Waals surface area contributed by atoms with Crippen LogP contribution in [0.4, 0.5) is 0 Å². The number of ether oxygens (including phenoxy) is 2. The molecular weight excluding hydrogens is 412 g/mol. The molecule has 1 fully saturated rings. The van der Waals surface area contributed by atoms with Gasteiger partial charge in [-0.15, -0.1) is 0 Å². The fourth-order valence-electron chi connectivity index (χ4n) is 3.69. The molecule has 0 aliphatic heterocycles. The molecule has 0 radical (unpaired) electrons. The molecular formula is C24H28N2O6. The molecule has 8 heteroatoms. The topological polar surface area (TPSA) is 106 Å². The molecule has 2 N–H and O–H groups in total. The average Bonchev–Trinajstić information content (AvgIpc) is 2.76. The number of carbonyl (C=O) groups is 2. The van der Waals surface area contributed by atoms with Gasteiger partial charge in [0.2, 0.25) is 0 Å². The smallest absolute Gasteiger partial charge is 0.326 e. The summed E-state index contributed by atoms with van der Waals surface area (Å²) in [4.78, 5) is 29.2. The van der Waals surface area contributed by atoms with Crippen LogP contribution in [0.15, 0.2) is 47.6 Å². The van der Waals surface area contributed by atoms with Gasteiger partial charge in [0.05, 0.1) is 19.8 Å². The summed E-state index contributed by atoms with van der Waals surface area (Å²) < 4.78 is 10.9. The second-order valence-corrected chi connectivity index (χ2v) is 7.59. The van der Waals surface area contributed by atoms with Crippen LogP contribution < -0.4 is 14.8 Å². The van der Waals surface area contributed by atoms with Crippen molar-refractivity contribution in [3.63, 3.8) is 0 Å². The molecule has 0 unspecified atom stereocenters. The molecule has 3 rings (SSSR count). The van der Waals surface area contributed by atoms with Gasteiger partial charge in [-0.25, -0.2) is 4.79 Å². The Kier molecular flexibility index (Phi) is 7.70. The van der Waals surface area contributed by atoms with E-state index < -0.39 is 17.9 Å². The number of methoxy groups -OCH3 is 2. The van der Waals surface area contributed by atoms with Gasteiger partial charge in [0.15, 0.2) is 0 Å². The third kappa shape index (κ3) is 5.19. The summed E-state index contributed by atoms with van der Waals surface area (Å²) in [6.07, 6.45) is 2.85. The maximum Gasteiger partial charge on any atom is 0.326 e. The highest BCUT2D eigenvalue weighted by molar-refractivity contribution is 6.40. The number of carboxylic acids is 1. The van der Waals surface area contributed by atoms with Crippen LogP contribution in [-0.2, 0) is 20.8 Å². The molecule has 0 saturated heterocycles. The Morgan fingerprint density at radius 1 is 1.06 bits per heavy atom. The van der Waals surface area contributed by atoms with E-state index in [1.165, 1.54) is 7.11 Å². The Morgan fingerprint density at radius 3 is 2.16 bits per heavy atom. The van der Waals surface area contributed by atoms with Crippen molar-refractivity contribution in [2.24, 2.45) is 11.1 Å². The zero-order valence-electron chi connectivity index (χ0n) is 18.5. The van der Waals surface area contributed by atoms with Gasteiger partial charge in [-0.2, -0.15) is 0 Å². The van der Waals surface area contributed by atoms with Crippen molar-refractivity contribution in [3.05, 3.63) is 48.0 Å². The van der Waals surface area contributed by atoms with E-state index >= 15 is 0 Å². The van der Waals surface area contributed by atoms with Crippen molar-refractivity contribution in [2.45, 2.75) is 31.7 Å². The van der Waals surface area contributed by atoms with Gasteiger partial charge in [0, 0.05) is 12.3 Å². The lowest BCUT2D eigenvalue weighted by atomic mass is 9.81. The van der Waals surface area contributed by atoms with Crippen molar-refractivity contribution < 1.29 is 29.0 Å². The third-order valence-electron chi connectivity index (χ3n) is 5.63. The van der Waals surface area contributed by atoms with E-state index in [1.54, 1.807) is 14.2 Å². The Morgan fingerprint density at radius 2 is 1.69 bits per heavy atom. The van der Waals surface area contributed by atoms with E-state index in [1.807, 2.05) is 42.5 Å². The third-order valence-corrected chi connectivity index (χ3v) is 5.63. The van der Waals surface area contributed by atoms with Gasteiger partial charge in [-0.1, -0.05) is 41.9 Å². The van der Waals surface area contributed by atoms with Gasteiger partial charge in [0.1, 0.15) is 30.4 Å². The fourth-order valence-corrected chi connectivity index (χ4v) is 3.69. The molecule has 1 amide bonds. The molecule has 32 heavy (non-hydrogen) atoms. The van der Waals surface area contributed by atoms with E-state index in [0.29, 0.717) is 11.5 Å². The van der Waals surface area contributed by atoms with E-state index in [4.69, 9.17) is 14.3 Å². The summed E-state index contributed by atoms with van der Waals surface area (Å²) in [6.45, 7) is 0. The molecule has 0 spiro atoms. The quantitative estimate of drug-likeness (QED) is 0.434. The second kappa shape index (κ2) is 10.7. The normalized spacial score (nSPS) is 14.8. The summed E-state index contributed by atoms with van der Waals surface area (Å²) in [5.74, 6) is -0.250. The van der Waals surface area contributed by atoms with Crippen molar-refractivity contribution in [1.82, 2.24) is 5.32 Å². The summed E-state index contributed by atoms with van der Waals surface area (Å²) >= 11 is 0. The summed E-state index contributed by atoms with van der Waals surface area (Å²) in [5, 5.41) is 16.1. The number of rotatable bonds is 10. The van der Waals surface area contributed by atoms with Crippen molar-refractivity contribution in [3.8, 4) is 22.6 Å². The lowest BCUT2D eigenvalue weighted by Crippen LogP contribution is -2.47. The average molecular weight is 440 g/mol. The van der Waals surface area contributed by atoms with E-state index in [0.717, 1.165) is 36.0 Å². The first-order valence-electron chi connectivity index (χ1n) is 10.4. The second-order valence-electron chi connectivity index (χ2n) is 7.59. The van der Waals surface area contributed by atoms with Crippen LogP contribution in [-0.4, -0.2) is 50.1 Å². The number of nitrogens with zero attached hydrogens (tertiary/aromatic N) is 1. The molecule has 1 saturated carbocycles. The summed E-state index contributed by atoms with van der Waals surface area (Å²) in [6, 6.07) is 11.9. The lowest BCUT2D eigenvalue weighted by molar-refractivity contribution is -0.141. The van der Waals surface area contributed by atoms with Gasteiger partial charge >= 0.3 is 5.97 Å². The molecule has 2 aromatic rings. The first-order chi connectivity index (χ1) is 15.5. The van der Waals surface area contributed by atoms with Gasteiger partial charge in [0.25, 0.3) is 5.91 Å². The van der Waals surface area contributed by atoms with Crippen molar-refractivity contribution in [1.29, 1.82) is 0 Å². The number of benzene rings is 2. The number of amides is 1. The van der Waals surface area contributed by atoms with E-state index in [-0.39, 0.29) is 18.1 Å². The monoisotopic (exact) mass is 440 g/mol. The van der Waals surface area contributed by atoms with Crippen LogP contribution >= 0.6 is 0 Å². The minimum absolute atomic E-state index is 0.0134. The van der Waals surface area contributed by atoms with Crippen molar-refractivity contribution in [2.75, 3.05) is 21.3 Å². The molecule has 0 bridgehead atoms. The zero-order valence-corrected chi connectivity index (χ0v) is 18.5. The van der Waals surface area contributed by atoms with Gasteiger partial charge in [-0.3, -0.25) is 4.79 Å². The summed E-state index contributed by atoms with van der Waals surface area (Å²) in [5.41, 5.74) is 2.71. The highest BCUT2D eigenvalue weighted by atomic mass is 16.6. The van der Waals surface area contributed by atoms with Crippen LogP contribution in [0.1, 0.15) is 24.8 Å². The van der Waals surface area contributed by atoms with Crippen LogP contribution in [0, 0.1) is 5.92 Å². The highest BCUT2D eigenvalue weighted by Crippen LogP contribution is 2.38. The largest absolute Gasteiger partial charge is 0.496 e. The molecule has 2 aromatic carbocycles.